The fourth-order valence-electron chi connectivity index (χ4n) is 3.66. The standard InChI is InChI=1S/C21H22FN5O/c1-21(2)12-26(9-7-15-4-3-5-16(22)10-15)20-25-18(11-19(28)27(20)13-21)17-6-8-23-14-24-17/h3-6,8,10-11,14H,7,9,12-13H2,1-2H3. The largest absolute Gasteiger partial charge is 0.341 e. The predicted molar refractivity (Wildman–Crippen MR) is 106 cm³/mol. The Hall–Kier alpha value is -3.09. The fraction of sp³-hybridized carbons (Fsp3) is 0.333. The van der Waals surface area contributed by atoms with Gasteiger partial charge in [-0.1, -0.05) is 26.0 Å². The van der Waals surface area contributed by atoms with Crippen molar-refractivity contribution in [3.8, 4) is 11.4 Å². The Morgan fingerprint density at radius 2 is 2.00 bits per heavy atom. The second-order valence-electron chi connectivity index (χ2n) is 7.93. The van der Waals surface area contributed by atoms with E-state index in [1.54, 1.807) is 29.0 Å². The van der Waals surface area contributed by atoms with E-state index in [0.717, 1.165) is 12.1 Å². The Kier molecular flexibility index (Phi) is 4.66. The number of halogens is 1. The zero-order valence-corrected chi connectivity index (χ0v) is 16.0. The summed E-state index contributed by atoms with van der Waals surface area (Å²) in [5.41, 5.74) is 1.91. The molecule has 0 fully saturated rings. The topological polar surface area (TPSA) is 63.9 Å². The minimum atomic E-state index is -0.239. The van der Waals surface area contributed by atoms with Crippen LogP contribution in [0.5, 0.6) is 0 Å². The summed E-state index contributed by atoms with van der Waals surface area (Å²) in [6.07, 6.45) is 3.74. The number of anilines is 1. The third-order valence-corrected chi connectivity index (χ3v) is 4.88. The lowest BCUT2D eigenvalue weighted by atomic mass is 9.91. The molecular weight excluding hydrogens is 357 g/mol. The number of benzene rings is 1. The molecule has 144 valence electrons. The van der Waals surface area contributed by atoms with E-state index < -0.39 is 0 Å². The van der Waals surface area contributed by atoms with Gasteiger partial charge >= 0.3 is 0 Å². The van der Waals surface area contributed by atoms with Crippen molar-refractivity contribution in [2.24, 2.45) is 5.41 Å². The monoisotopic (exact) mass is 379 g/mol. The van der Waals surface area contributed by atoms with Crippen molar-refractivity contribution in [3.05, 3.63) is 70.7 Å². The molecule has 0 atom stereocenters. The molecule has 0 bridgehead atoms. The van der Waals surface area contributed by atoms with Gasteiger partial charge in [0.1, 0.15) is 12.1 Å². The summed E-state index contributed by atoms with van der Waals surface area (Å²) < 4.78 is 15.2. The molecule has 0 saturated carbocycles. The highest BCUT2D eigenvalue weighted by molar-refractivity contribution is 5.55. The molecule has 0 saturated heterocycles. The fourth-order valence-corrected chi connectivity index (χ4v) is 3.66. The number of hydrogen-bond acceptors (Lipinski definition) is 5. The van der Waals surface area contributed by atoms with Crippen molar-refractivity contribution in [2.75, 3.05) is 18.0 Å². The van der Waals surface area contributed by atoms with Gasteiger partial charge in [0, 0.05) is 37.3 Å². The van der Waals surface area contributed by atoms with Crippen LogP contribution in [0.1, 0.15) is 19.4 Å². The molecule has 7 heteroatoms. The van der Waals surface area contributed by atoms with Gasteiger partial charge in [-0.05, 0) is 30.2 Å². The summed E-state index contributed by atoms with van der Waals surface area (Å²) in [6, 6.07) is 9.89. The molecule has 0 aliphatic carbocycles. The third kappa shape index (κ3) is 3.78. The lowest BCUT2D eigenvalue weighted by molar-refractivity contribution is 0.274. The number of hydrogen-bond donors (Lipinski definition) is 0. The van der Waals surface area contributed by atoms with Crippen LogP contribution in [0.2, 0.25) is 0 Å². The number of nitrogens with zero attached hydrogens (tertiary/aromatic N) is 5. The quantitative estimate of drug-likeness (QED) is 0.697. The molecule has 0 N–H and O–H groups in total. The van der Waals surface area contributed by atoms with E-state index in [-0.39, 0.29) is 16.8 Å². The van der Waals surface area contributed by atoms with Crippen LogP contribution in [0.3, 0.4) is 0 Å². The zero-order valence-electron chi connectivity index (χ0n) is 16.0. The summed E-state index contributed by atoms with van der Waals surface area (Å²) in [6.45, 7) is 6.29. The van der Waals surface area contributed by atoms with E-state index in [1.165, 1.54) is 18.5 Å². The van der Waals surface area contributed by atoms with Gasteiger partial charge in [-0.25, -0.2) is 19.3 Å². The van der Waals surface area contributed by atoms with Crippen LogP contribution >= 0.6 is 0 Å². The number of fused-ring (bicyclic) bond motifs is 1. The van der Waals surface area contributed by atoms with Crippen LogP contribution in [0.15, 0.2) is 53.7 Å². The maximum absolute atomic E-state index is 13.5. The SMILES string of the molecule is CC1(C)CN(CCc2cccc(F)c2)c2nc(-c3ccncn3)cc(=O)n2C1. The second-order valence-corrected chi connectivity index (χ2v) is 7.93. The molecule has 1 aliphatic rings. The van der Waals surface area contributed by atoms with Gasteiger partial charge in [-0.15, -0.1) is 0 Å². The lowest BCUT2D eigenvalue weighted by Crippen LogP contribution is -2.48. The van der Waals surface area contributed by atoms with E-state index in [2.05, 4.69) is 28.7 Å². The summed E-state index contributed by atoms with van der Waals surface area (Å²) in [5.74, 6) is 0.397. The Labute approximate surface area is 162 Å². The van der Waals surface area contributed by atoms with Gasteiger partial charge in [0.05, 0.1) is 11.4 Å². The first-order valence-electron chi connectivity index (χ1n) is 9.29. The highest BCUT2D eigenvalue weighted by Gasteiger charge is 2.32. The lowest BCUT2D eigenvalue weighted by Gasteiger charge is -2.40. The Morgan fingerprint density at radius 1 is 1.14 bits per heavy atom. The average molecular weight is 379 g/mol. The minimum absolute atomic E-state index is 0.0725. The first kappa shape index (κ1) is 18.3. The van der Waals surface area contributed by atoms with Gasteiger partial charge in [-0.3, -0.25) is 9.36 Å². The number of aromatic nitrogens is 4. The zero-order chi connectivity index (χ0) is 19.7. The van der Waals surface area contributed by atoms with E-state index in [0.29, 0.717) is 36.8 Å². The Bertz CT molecular complexity index is 1050. The first-order chi connectivity index (χ1) is 13.4. The summed E-state index contributed by atoms with van der Waals surface area (Å²) in [5, 5.41) is 0. The van der Waals surface area contributed by atoms with Crippen LogP contribution in [0, 0.1) is 11.2 Å². The molecule has 6 nitrogen and oxygen atoms in total. The predicted octanol–water partition coefficient (Wildman–Crippen LogP) is 2.93. The second kappa shape index (κ2) is 7.14. The van der Waals surface area contributed by atoms with Crippen molar-refractivity contribution in [3.63, 3.8) is 0 Å². The van der Waals surface area contributed by atoms with Crippen LogP contribution in [-0.4, -0.2) is 32.6 Å². The Morgan fingerprint density at radius 3 is 2.75 bits per heavy atom. The van der Waals surface area contributed by atoms with Gasteiger partial charge in [0.2, 0.25) is 5.95 Å². The summed E-state index contributed by atoms with van der Waals surface area (Å²) in [4.78, 5) is 27.8. The van der Waals surface area contributed by atoms with Crippen molar-refractivity contribution in [1.29, 1.82) is 0 Å². The van der Waals surface area contributed by atoms with Crippen molar-refractivity contribution >= 4 is 5.95 Å². The average Bonchev–Trinajstić information content (AvgIpc) is 2.67. The highest BCUT2D eigenvalue weighted by atomic mass is 19.1. The normalized spacial score (nSPS) is 15.3. The molecule has 1 aliphatic heterocycles. The van der Waals surface area contributed by atoms with E-state index >= 15 is 0 Å². The molecule has 4 rings (SSSR count). The van der Waals surface area contributed by atoms with Crippen LogP contribution < -0.4 is 10.5 Å². The molecule has 0 radical (unpaired) electrons. The molecule has 0 unspecified atom stereocenters. The molecule has 0 amide bonds. The van der Waals surface area contributed by atoms with Gasteiger partial charge < -0.3 is 4.90 Å². The summed E-state index contributed by atoms with van der Waals surface area (Å²) >= 11 is 0. The van der Waals surface area contributed by atoms with Gasteiger partial charge in [0.25, 0.3) is 5.56 Å². The molecule has 3 heterocycles. The Balaban J connectivity index is 1.70. The van der Waals surface area contributed by atoms with E-state index in [9.17, 15) is 9.18 Å². The molecule has 0 spiro atoms. The smallest absolute Gasteiger partial charge is 0.255 e. The molecule has 2 aromatic heterocycles. The van der Waals surface area contributed by atoms with Crippen LogP contribution in [0.25, 0.3) is 11.4 Å². The molecule has 28 heavy (non-hydrogen) atoms. The molecular formula is C21H22FN5O. The van der Waals surface area contributed by atoms with Crippen LogP contribution in [0.4, 0.5) is 10.3 Å². The van der Waals surface area contributed by atoms with Crippen molar-refractivity contribution in [1.82, 2.24) is 19.5 Å². The summed E-state index contributed by atoms with van der Waals surface area (Å²) in [7, 11) is 0. The van der Waals surface area contributed by atoms with E-state index in [4.69, 9.17) is 4.98 Å². The van der Waals surface area contributed by atoms with Crippen LogP contribution in [-0.2, 0) is 13.0 Å². The maximum Gasteiger partial charge on any atom is 0.255 e. The van der Waals surface area contributed by atoms with E-state index in [1.807, 2.05) is 6.07 Å². The van der Waals surface area contributed by atoms with Crippen molar-refractivity contribution < 1.29 is 4.39 Å². The highest BCUT2D eigenvalue weighted by Crippen LogP contribution is 2.30. The molecule has 3 aromatic rings. The number of rotatable bonds is 4. The first-order valence-corrected chi connectivity index (χ1v) is 9.29. The van der Waals surface area contributed by atoms with Gasteiger partial charge in [-0.2, -0.15) is 0 Å². The molecule has 1 aromatic carbocycles. The van der Waals surface area contributed by atoms with Gasteiger partial charge in [0.15, 0.2) is 0 Å². The third-order valence-electron chi connectivity index (χ3n) is 4.88. The minimum Gasteiger partial charge on any atom is -0.341 e. The van der Waals surface area contributed by atoms with Crippen molar-refractivity contribution in [2.45, 2.75) is 26.8 Å². The maximum atomic E-state index is 13.5.